The molecule has 1 aliphatic heterocycles. The summed E-state index contributed by atoms with van der Waals surface area (Å²) in [6.45, 7) is 14.7. The molecule has 3 heterocycles. The quantitative estimate of drug-likeness (QED) is 0.713. The summed E-state index contributed by atoms with van der Waals surface area (Å²) in [5, 5.41) is 7.57. The first-order valence-corrected chi connectivity index (χ1v) is 7.10. The minimum absolute atomic E-state index is 0.393. The minimum Gasteiger partial charge on any atom is -0.368 e. The molecule has 2 aromatic rings. The summed E-state index contributed by atoms with van der Waals surface area (Å²) in [5.41, 5.74) is 7.79. The van der Waals surface area contributed by atoms with Gasteiger partial charge in [-0.1, -0.05) is 0 Å². The predicted molar refractivity (Wildman–Crippen MR) is 88.5 cm³/mol. The number of nitrogen functional groups attached to an aromatic ring is 1. The van der Waals surface area contributed by atoms with E-state index in [2.05, 4.69) is 31.8 Å². The Kier molecular flexibility index (Phi) is 4.90. The second kappa shape index (κ2) is 6.67. The van der Waals surface area contributed by atoms with Gasteiger partial charge in [-0.05, 0) is 13.8 Å². The Morgan fingerprint density at radius 3 is 2.48 bits per heavy atom. The van der Waals surface area contributed by atoms with Crippen LogP contribution in [0.5, 0.6) is 0 Å². The molecule has 0 saturated carbocycles. The van der Waals surface area contributed by atoms with Gasteiger partial charge in [0.15, 0.2) is 5.65 Å². The first-order chi connectivity index (χ1) is 10.1. The van der Waals surface area contributed by atoms with Crippen LogP contribution in [0.2, 0.25) is 6.82 Å². The number of hydrogen-bond acceptors (Lipinski definition) is 6. The van der Waals surface area contributed by atoms with Gasteiger partial charge in [-0.2, -0.15) is 9.50 Å². The zero-order valence-electron chi connectivity index (χ0n) is 12.9. The fourth-order valence-electron chi connectivity index (χ4n) is 2.34. The maximum absolute atomic E-state index is 5.95. The number of anilines is 2. The van der Waals surface area contributed by atoms with Crippen molar-refractivity contribution in [3.8, 4) is 0 Å². The molecule has 8 heteroatoms. The van der Waals surface area contributed by atoms with Gasteiger partial charge in [0, 0.05) is 31.7 Å². The molecule has 1 saturated heterocycles. The van der Waals surface area contributed by atoms with Gasteiger partial charge < -0.3 is 16.0 Å². The first kappa shape index (κ1) is 15.4. The number of fused-ring (bicyclic) bond motifs is 1. The Morgan fingerprint density at radius 2 is 1.86 bits per heavy atom. The molecular weight excluding hydrogens is 265 g/mol. The van der Waals surface area contributed by atoms with Crippen LogP contribution < -0.4 is 16.0 Å². The molecule has 1 aliphatic rings. The maximum atomic E-state index is 5.95. The molecule has 0 amide bonds. The number of nitrogens with two attached hydrogens (primary N) is 1. The Morgan fingerprint density at radius 1 is 1.24 bits per heavy atom. The van der Waals surface area contributed by atoms with Gasteiger partial charge in [0.05, 0.1) is 0 Å². The van der Waals surface area contributed by atoms with Crippen molar-refractivity contribution >= 4 is 30.8 Å². The number of nitrogens with one attached hydrogen (secondary N) is 1. The minimum atomic E-state index is 0.393. The molecule has 3 rings (SSSR count). The van der Waals surface area contributed by atoms with E-state index in [4.69, 9.17) is 5.73 Å². The molecule has 0 aromatic carbocycles. The van der Waals surface area contributed by atoms with Gasteiger partial charge in [-0.3, -0.25) is 0 Å². The third-order valence-electron chi connectivity index (χ3n) is 3.24. The molecule has 112 valence electrons. The molecule has 0 aliphatic carbocycles. The Hall–Kier alpha value is -1.96. The van der Waals surface area contributed by atoms with Crippen molar-refractivity contribution < 1.29 is 0 Å². The SMILES string of the molecule is C=BC.Cc1nc2c(C)c(N3CCNCC3)nc(N)n2n1. The van der Waals surface area contributed by atoms with Gasteiger partial charge >= 0.3 is 20.2 Å². The zero-order valence-corrected chi connectivity index (χ0v) is 12.9. The second-order valence-corrected chi connectivity index (χ2v) is 4.96. The van der Waals surface area contributed by atoms with Crippen molar-refractivity contribution in [1.82, 2.24) is 24.9 Å². The number of aryl methyl sites for hydroxylation is 2. The monoisotopic (exact) mass is 287 g/mol. The van der Waals surface area contributed by atoms with E-state index < -0.39 is 0 Å². The molecule has 0 spiro atoms. The van der Waals surface area contributed by atoms with Crippen LogP contribution in [-0.2, 0) is 0 Å². The van der Waals surface area contributed by atoms with Crippen molar-refractivity contribution in [2.24, 2.45) is 0 Å². The van der Waals surface area contributed by atoms with Crippen LogP contribution in [0.3, 0.4) is 0 Å². The molecule has 0 radical (unpaired) electrons. The summed E-state index contributed by atoms with van der Waals surface area (Å²) in [5.74, 6) is 2.03. The number of aromatic nitrogens is 4. The Labute approximate surface area is 125 Å². The zero-order chi connectivity index (χ0) is 15.4. The maximum Gasteiger partial charge on any atom is 0.225 e. The first-order valence-electron chi connectivity index (χ1n) is 7.10. The summed E-state index contributed by atoms with van der Waals surface area (Å²) in [6.07, 6.45) is 0. The van der Waals surface area contributed by atoms with E-state index in [9.17, 15) is 0 Å². The van der Waals surface area contributed by atoms with Crippen molar-refractivity contribution in [2.75, 3.05) is 36.8 Å². The van der Waals surface area contributed by atoms with E-state index in [1.165, 1.54) is 0 Å². The molecule has 2 aromatic heterocycles. The number of rotatable bonds is 1. The van der Waals surface area contributed by atoms with E-state index in [0.29, 0.717) is 11.8 Å². The summed E-state index contributed by atoms with van der Waals surface area (Å²) >= 11 is 0. The number of hydrogen-bond donors (Lipinski definition) is 2. The summed E-state index contributed by atoms with van der Waals surface area (Å²) in [4.78, 5) is 11.1. The third kappa shape index (κ3) is 3.21. The molecule has 21 heavy (non-hydrogen) atoms. The largest absolute Gasteiger partial charge is 0.368 e. The van der Waals surface area contributed by atoms with E-state index in [-0.39, 0.29) is 0 Å². The van der Waals surface area contributed by atoms with E-state index in [1.54, 1.807) is 11.4 Å². The summed E-state index contributed by atoms with van der Waals surface area (Å²) in [6, 6.07) is 0. The predicted octanol–water partition coefficient (Wildman–Crippen LogP) is -0.0964. The van der Waals surface area contributed by atoms with Crippen LogP contribution >= 0.6 is 0 Å². The molecule has 0 unspecified atom stereocenters. The fraction of sp³-hybridized carbons (Fsp3) is 0.538. The van der Waals surface area contributed by atoms with Crippen molar-refractivity contribution in [3.05, 3.63) is 11.4 Å². The topological polar surface area (TPSA) is 84.4 Å². The van der Waals surface area contributed by atoms with Crippen molar-refractivity contribution in [3.63, 3.8) is 0 Å². The van der Waals surface area contributed by atoms with Gasteiger partial charge in [-0.25, -0.2) is 4.98 Å². The average Bonchev–Trinajstić information content (AvgIpc) is 2.87. The standard InChI is InChI=1S/C11H17N7.C2H5B/c1-7-9(17-5-3-13-4-6-17)15-11(12)18-10(7)14-8(2)16-18;1-3-2/h13H,3-6H2,1-2H3,(H2,12,15);1H2,2H3. The van der Waals surface area contributed by atoms with E-state index >= 15 is 0 Å². The van der Waals surface area contributed by atoms with E-state index in [0.717, 1.165) is 43.2 Å². The molecule has 0 bridgehead atoms. The average molecular weight is 287 g/mol. The van der Waals surface area contributed by atoms with E-state index in [1.807, 2.05) is 20.7 Å². The van der Waals surface area contributed by atoms with Crippen LogP contribution in [0.25, 0.3) is 5.65 Å². The van der Waals surface area contributed by atoms with Crippen LogP contribution in [-0.4, -0.2) is 59.2 Å². The van der Waals surface area contributed by atoms with Gasteiger partial charge in [0.25, 0.3) is 0 Å². The molecule has 1 fully saturated rings. The Balaban J connectivity index is 0.000000497. The fourth-order valence-corrected chi connectivity index (χ4v) is 2.34. The summed E-state index contributed by atoms with van der Waals surface area (Å²) < 4.78 is 1.61. The second-order valence-electron chi connectivity index (χ2n) is 4.96. The van der Waals surface area contributed by atoms with Crippen LogP contribution in [0.1, 0.15) is 11.4 Å². The molecule has 3 N–H and O–H groups in total. The van der Waals surface area contributed by atoms with Crippen molar-refractivity contribution in [1.29, 1.82) is 0 Å². The van der Waals surface area contributed by atoms with Gasteiger partial charge in [-0.15, -0.1) is 5.10 Å². The van der Waals surface area contributed by atoms with Gasteiger partial charge in [0.2, 0.25) is 5.95 Å². The molecule has 0 atom stereocenters. The van der Waals surface area contributed by atoms with Gasteiger partial charge in [0.1, 0.15) is 11.6 Å². The van der Waals surface area contributed by atoms with Crippen LogP contribution in [0, 0.1) is 13.8 Å². The van der Waals surface area contributed by atoms with Crippen molar-refractivity contribution in [2.45, 2.75) is 20.7 Å². The number of piperazine rings is 1. The normalized spacial score (nSPS) is 14.5. The third-order valence-corrected chi connectivity index (χ3v) is 3.24. The Bertz CT molecular complexity index is 631. The molecular formula is C13H22BN7. The van der Waals surface area contributed by atoms with Crippen LogP contribution in [0.15, 0.2) is 0 Å². The van der Waals surface area contributed by atoms with Crippen LogP contribution in [0.4, 0.5) is 11.8 Å². The molecule has 7 nitrogen and oxygen atoms in total. The number of nitrogens with zero attached hydrogens (tertiary/aromatic N) is 5. The summed E-state index contributed by atoms with van der Waals surface area (Å²) in [7, 11) is 0. The smallest absolute Gasteiger partial charge is 0.225 e.